The van der Waals surface area contributed by atoms with Crippen LogP contribution >= 0.6 is 0 Å². The second-order valence-electron chi connectivity index (χ2n) is 2.30. The number of hydrogen-bond donors (Lipinski definition) is 1. The zero-order chi connectivity index (χ0) is 6.08. The van der Waals surface area contributed by atoms with Crippen molar-refractivity contribution in [2.45, 2.75) is 25.9 Å². The molecule has 0 aliphatic rings. The highest BCUT2D eigenvalue weighted by Gasteiger charge is 2.20. The Hall–Kier alpha value is 0.394. The average Bonchev–Trinajstić information content (AvgIpc) is 1.31. The van der Waals surface area contributed by atoms with Gasteiger partial charge in [-0.25, -0.2) is 0 Å². The Balaban J connectivity index is 3.54. The van der Waals surface area contributed by atoms with Gasteiger partial charge in [-0.3, -0.25) is 0 Å². The highest BCUT2D eigenvalue weighted by molar-refractivity contribution is 7.12. The lowest BCUT2D eigenvalue weighted by molar-refractivity contribution is 0.550. The summed E-state index contributed by atoms with van der Waals surface area (Å²) < 4.78 is 0. The fourth-order valence-corrected chi connectivity index (χ4v) is 0. The third kappa shape index (κ3) is 3.02. The fraction of sp³-hybridized carbons (Fsp3) is 1.00. The lowest BCUT2D eigenvalue weighted by Crippen LogP contribution is -2.34. The van der Waals surface area contributed by atoms with E-state index < -0.39 is 7.83 Å². The normalized spacial score (nSPS) is 19.7. The molecule has 41 valence electrons. The van der Waals surface area contributed by atoms with E-state index in [1.54, 1.807) is 0 Å². The molecule has 1 atom stereocenters. The first-order valence-corrected chi connectivity index (χ1v) is 6.44. The van der Waals surface area contributed by atoms with Gasteiger partial charge < -0.3 is 4.80 Å². The number of hydrogen-bond acceptors (Lipinski definition) is 1. The maximum absolute atomic E-state index is 9.15. The summed E-state index contributed by atoms with van der Waals surface area (Å²) in [6, 6.07) is 0. The minimum atomic E-state index is -1.93. The van der Waals surface area contributed by atoms with Crippen LogP contribution in [0.25, 0.3) is 0 Å². The molecule has 0 aromatic carbocycles. The SMILES string of the molecule is CC(C)[Si](C)(O)[Si]. The lowest BCUT2D eigenvalue weighted by Gasteiger charge is -2.17. The third-order valence-corrected chi connectivity index (χ3v) is 5.10. The van der Waals surface area contributed by atoms with Gasteiger partial charge in [0.1, 0.15) is 0 Å². The molecule has 0 heterocycles. The van der Waals surface area contributed by atoms with Crippen LogP contribution in [0.2, 0.25) is 12.1 Å². The summed E-state index contributed by atoms with van der Waals surface area (Å²) >= 11 is 0. The molecule has 0 aromatic rings. The zero-order valence-electron chi connectivity index (χ0n) is 5.02. The van der Waals surface area contributed by atoms with Gasteiger partial charge in [0.25, 0.3) is 0 Å². The summed E-state index contributed by atoms with van der Waals surface area (Å²) in [4.78, 5) is 9.15. The summed E-state index contributed by atoms with van der Waals surface area (Å²) in [7, 11) is 1.36. The van der Waals surface area contributed by atoms with Gasteiger partial charge in [-0.1, -0.05) is 13.8 Å². The van der Waals surface area contributed by atoms with Crippen molar-refractivity contribution in [2.24, 2.45) is 0 Å². The summed E-state index contributed by atoms with van der Waals surface area (Å²) in [6.07, 6.45) is 0. The fourth-order valence-electron chi connectivity index (χ4n) is 0. The Kier molecular flexibility index (Phi) is 2.23. The first-order valence-electron chi connectivity index (χ1n) is 2.42. The van der Waals surface area contributed by atoms with Crippen LogP contribution in [-0.2, 0) is 0 Å². The van der Waals surface area contributed by atoms with Crippen LogP contribution in [0.3, 0.4) is 0 Å². The van der Waals surface area contributed by atoms with Crippen LogP contribution < -0.4 is 0 Å². The van der Waals surface area contributed by atoms with Crippen molar-refractivity contribution in [2.75, 3.05) is 0 Å². The second kappa shape index (κ2) is 2.11. The van der Waals surface area contributed by atoms with E-state index in [2.05, 4.69) is 9.76 Å². The Morgan fingerprint density at radius 3 is 1.71 bits per heavy atom. The van der Waals surface area contributed by atoms with Crippen LogP contribution in [0.4, 0.5) is 0 Å². The summed E-state index contributed by atoms with van der Waals surface area (Å²) in [6.45, 7) is 5.90. The minimum Gasteiger partial charge on any atom is -0.435 e. The minimum absolute atomic E-state index is 0.407. The molecule has 0 fully saturated rings. The predicted octanol–water partition coefficient (Wildman–Crippen LogP) is 0.629. The second-order valence-corrected chi connectivity index (χ2v) is 8.79. The first-order chi connectivity index (χ1) is 2.94. The Morgan fingerprint density at radius 2 is 1.71 bits per heavy atom. The van der Waals surface area contributed by atoms with Crippen molar-refractivity contribution in [1.29, 1.82) is 0 Å². The van der Waals surface area contributed by atoms with Crippen LogP contribution in [0, 0.1) is 0 Å². The molecule has 1 N–H and O–H groups in total. The van der Waals surface area contributed by atoms with E-state index in [9.17, 15) is 0 Å². The van der Waals surface area contributed by atoms with Crippen molar-refractivity contribution < 1.29 is 4.80 Å². The molecule has 3 heteroatoms. The van der Waals surface area contributed by atoms with Gasteiger partial charge in [0.15, 0.2) is 7.83 Å². The van der Waals surface area contributed by atoms with Crippen LogP contribution in [0.15, 0.2) is 0 Å². The average molecular weight is 131 g/mol. The Labute approximate surface area is 49.1 Å². The van der Waals surface area contributed by atoms with Crippen molar-refractivity contribution in [1.82, 2.24) is 0 Å². The van der Waals surface area contributed by atoms with Crippen LogP contribution in [0.1, 0.15) is 13.8 Å². The zero-order valence-corrected chi connectivity index (χ0v) is 7.02. The van der Waals surface area contributed by atoms with E-state index in [0.29, 0.717) is 5.54 Å². The van der Waals surface area contributed by atoms with Gasteiger partial charge in [-0.2, -0.15) is 0 Å². The Morgan fingerprint density at radius 1 is 1.57 bits per heavy atom. The molecule has 0 amide bonds. The maximum atomic E-state index is 9.15. The van der Waals surface area contributed by atoms with Gasteiger partial charge in [0, 0.05) is 0 Å². The summed E-state index contributed by atoms with van der Waals surface area (Å²) in [5, 5.41) is 0. The molecule has 0 aliphatic heterocycles. The predicted molar refractivity (Wildman–Crippen MR) is 34.7 cm³/mol. The van der Waals surface area contributed by atoms with E-state index >= 15 is 0 Å². The topological polar surface area (TPSA) is 20.2 Å². The molecule has 0 saturated heterocycles. The quantitative estimate of drug-likeness (QED) is 0.518. The molecule has 7 heavy (non-hydrogen) atoms. The summed E-state index contributed by atoms with van der Waals surface area (Å²) in [5.74, 6) is 0. The molecule has 0 aliphatic carbocycles. The molecule has 0 saturated carbocycles. The molecule has 0 bridgehead atoms. The maximum Gasteiger partial charge on any atom is 0.166 e. The van der Waals surface area contributed by atoms with Gasteiger partial charge in [0.2, 0.25) is 0 Å². The van der Waals surface area contributed by atoms with Crippen molar-refractivity contribution in [3.63, 3.8) is 0 Å². The Bertz CT molecular complexity index is 55.2. The molecular weight excluding hydrogens is 120 g/mol. The number of rotatable bonds is 1. The van der Waals surface area contributed by atoms with E-state index in [1.165, 1.54) is 0 Å². The highest BCUT2D eigenvalue weighted by Crippen LogP contribution is 2.11. The molecule has 0 rings (SSSR count). The molecule has 1 nitrogen and oxygen atoms in total. The standard InChI is InChI=1S/C4H11OSi2/c1-4(2)7(3,5)6/h4-5H,1-3H3. The van der Waals surface area contributed by atoms with E-state index in [4.69, 9.17) is 4.80 Å². The van der Waals surface area contributed by atoms with Crippen molar-refractivity contribution >= 4 is 17.6 Å². The summed E-state index contributed by atoms with van der Waals surface area (Å²) in [5.41, 5.74) is 0.407. The molecule has 1 unspecified atom stereocenters. The monoisotopic (exact) mass is 131 g/mol. The van der Waals surface area contributed by atoms with E-state index in [0.717, 1.165) is 0 Å². The van der Waals surface area contributed by atoms with Crippen molar-refractivity contribution in [3.8, 4) is 0 Å². The molecular formula is C4H11OSi2. The largest absolute Gasteiger partial charge is 0.435 e. The highest BCUT2D eigenvalue weighted by atomic mass is 29.2. The van der Waals surface area contributed by atoms with Crippen LogP contribution in [0.5, 0.6) is 0 Å². The molecule has 3 radical (unpaired) electrons. The van der Waals surface area contributed by atoms with Gasteiger partial charge >= 0.3 is 0 Å². The van der Waals surface area contributed by atoms with E-state index in [1.807, 2.05) is 20.4 Å². The van der Waals surface area contributed by atoms with Crippen LogP contribution in [-0.4, -0.2) is 22.4 Å². The molecule has 0 aromatic heterocycles. The third-order valence-electron chi connectivity index (χ3n) is 1.12. The van der Waals surface area contributed by atoms with Crippen molar-refractivity contribution in [3.05, 3.63) is 0 Å². The smallest absolute Gasteiger partial charge is 0.166 e. The van der Waals surface area contributed by atoms with E-state index in [-0.39, 0.29) is 0 Å². The van der Waals surface area contributed by atoms with Gasteiger partial charge in [-0.05, 0) is 12.1 Å². The van der Waals surface area contributed by atoms with Gasteiger partial charge in [0.05, 0.1) is 9.76 Å². The van der Waals surface area contributed by atoms with Gasteiger partial charge in [-0.15, -0.1) is 0 Å². The lowest BCUT2D eigenvalue weighted by atomic mass is 10.6. The molecule has 0 spiro atoms. The first kappa shape index (κ1) is 7.39.